The molecule has 0 amide bonds. The Morgan fingerprint density at radius 2 is 0.786 bits per heavy atom. The number of ether oxygens (including phenoxy) is 6. The number of likely N-dealkylation sites (N-methyl/N-ethyl adjacent to an activating group) is 1. The van der Waals surface area contributed by atoms with E-state index in [9.17, 15) is 19.2 Å². The maximum atomic E-state index is 13.1. The number of nitrogens with zero attached hydrogens (tertiary/aromatic N) is 2. The van der Waals surface area contributed by atoms with E-state index in [1.807, 2.05) is 0 Å². The monoisotopic (exact) mass is 985 g/mol. The van der Waals surface area contributed by atoms with Gasteiger partial charge in [0.05, 0.1) is 13.2 Å². The van der Waals surface area contributed by atoms with E-state index in [-0.39, 0.29) is 37.4 Å². The topological polar surface area (TPSA) is 130 Å². The summed E-state index contributed by atoms with van der Waals surface area (Å²) in [4.78, 5) is 56.3. The fraction of sp³-hybridized carbons (Fsp3) is 0.931. The Labute approximate surface area is 424 Å². The number of hydrogen-bond donors (Lipinski definition) is 0. The highest BCUT2D eigenvalue weighted by Crippen LogP contribution is 2.62. The van der Waals surface area contributed by atoms with E-state index < -0.39 is 12.3 Å². The van der Waals surface area contributed by atoms with Crippen LogP contribution in [0.1, 0.15) is 220 Å². The van der Waals surface area contributed by atoms with E-state index in [0.717, 1.165) is 139 Å². The van der Waals surface area contributed by atoms with E-state index >= 15 is 0 Å². The molecular weight excluding hydrogens is 885 g/mol. The molecule has 8 saturated carbocycles. The van der Waals surface area contributed by atoms with Gasteiger partial charge in [-0.3, -0.25) is 14.5 Å². The van der Waals surface area contributed by atoms with Gasteiger partial charge in [-0.25, -0.2) is 9.59 Å². The van der Waals surface area contributed by atoms with Gasteiger partial charge in [0, 0.05) is 39.0 Å². The first-order chi connectivity index (χ1) is 34.0. The standard InChI is InChI=1S/C58H100N2O10/c1-5-9-11-13-17-51(19-15-21-53(61)65-29-23-57-39-45-33-46(40-57)35-47(34-45)41-57)69-55(63)67-31-27-60(26-25-59(7-3)8-4)28-32-68-56(64)70-52(18-14-12-10-6-2)20-16-22-54(62)66-30-24-58-42-48-36-49(43-58)38-50(37-48)44-58/h45-52H,5-44H2,1-4H3. The van der Waals surface area contributed by atoms with E-state index in [2.05, 4.69) is 37.5 Å². The third-order valence-corrected chi connectivity index (χ3v) is 18.1. The van der Waals surface area contributed by atoms with Crippen LogP contribution in [-0.2, 0) is 38.0 Å². The van der Waals surface area contributed by atoms with Gasteiger partial charge >= 0.3 is 24.2 Å². The van der Waals surface area contributed by atoms with Crippen molar-refractivity contribution in [3.05, 3.63) is 0 Å². The molecule has 8 aliphatic carbocycles. The molecule has 0 aromatic carbocycles. The smallest absolute Gasteiger partial charge is 0.466 e. The second-order valence-electron chi connectivity index (χ2n) is 23.8. The normalized spacial score (nSPS) is 28.0. The lowest BCUT2D eigenvalue weighted by molar-refractivity contribution is -0.147. The molecule has 70 heavy (non-hydrogen) atoms. The van der Waals surface area contributed by atoms with Crippen LogP contribution >= 0.6 is 0 Å². The molecule has 0 spiro atoms. The average Bonchev–Trinajstić information content (AvgIpc) is 3.30. The lowest BCUT2D eigenvalue weighted by Crippen LogP contribution is -2.46. The molecule has 0 saturated heterocycles. The van der Waals surface area contributed by atoms with Crippen molar-refractivity contribution in [1.29, 1.82) is 0 Å². The molecule has 8 rings (SSSR count). The Balaban J connectivity index is 0.876. The molecular formula is C58H100N2O10. The van der Waals surface area contributed by atoms with E-state index in [1.54, 1.807) is 0 Å². The van der Waals surface area contributed by atoms with Crippen molar-refractivity contribution < 1.29 is 47.6 Å². The predicted molar refractivity (Wildman–Crippen MR) is 274 cm³/mol. The molecule has 8 fully saturated rings. The third-order valence-electron chi connectivity index (χ3n) is 18.1. The second kappa shape index (κ2) is 29.9. The summed E-state index contributed by atoms with van der Waals surface area (Å²) in [6.07, 6.45) is 29.7. The lowest BCUT2D eigenvalue weighted by atomic mass is 9.49. The zero-order valence-corrected chi connectivity index (χ0v) is 44.9. The van der Waals surface area contributed by atoms with Crippen LogP contribution in [0.5, 0.6) is 0 Å². The van der Waals surface area contributed by atoms with Crippen LogP contribution < -0.4 is 0 Å². The number of unbranched alkanes of at least 4 members (excludes halogenated alkanes) is 6. The van der Waals surface area contributed by atoms with Crippen LogP contribution in [0, 0.1) is 46.3 Å². The number of hydrogen-bond acceptors (Lipinski definition) is 12. The maximum absolute atomic E-state index is 13.1. The van der Waals surface area contributed by atoms with Crippen molar-refractivity contribution in [3.8, 4) is 0 Å². The van der Waals surface area contributed by atoms with Gasteiger partial charge in [-0.05, 0) is 201 Å². The highest BCUT2D eigenvalue weighted by atomic mass is 16.7. The van der Waals surface area contributed by atoms with E-state index in [0.29, 0.717) is 75.7 Å². The molecule has 0 aromatic heterocycles. The van der Waals surface area contributed by atoms with Crippen molar-refractivity contribution in [2.24, 2.45) is 46.3 Å². The van der Waals surface area contributed by atoms with Gasteiger partial charge in [-0.2, -0.15) is 0 Å². The van der Waals surface area contributed by atoms with Crippen LogP contribution in [-0.4, -0.2) is 112 Å². The SMILES string of the molecule is CCCCCCC(CCCC(=O)OCCC12CC3CC(CC(C3)C1)C2)OC(=O)OCCN(CCOC(=O)OC(CCCCCC)CCCC(=O)OCCC12CC3CC(CC(C3)C1)C2)CCN(CC)CC. The minimum atomic E-state index is -0.682. The Morgan fingerprint density at radius 1 is 0.429 bits per heavy atom. The van der Waals surface area contributed by atoms with Crippen molar-refractivity contribution in [1.82, 2.24) is 9.80 Å². The first kappa shape index (κ1) is 56.7. The van der Waals surface area contributed by atoms with Crippen LogP contribution in [0.3, 0.4) is 0 Å². The van der Waals surface area contributed by atoms with Gasteiger partial charge in [0.1, 0.15) is 25.4 Å². The molecule has 0 radical (unpaired) electrons. The van der Waals surface area contributed by atoms with Gasteiger partial charge in [-0.15, -0.1) is 0 Å². The molecule has 0 aliphatic heterocycles. The van der Waals surface area contributed by atoms with Gasteiger partial charge in [-0.1, -0.05) is 66.2 Å². The summed E-state index contributed by atoms with van der Waals surface area (Å²) in [6, 6.07) is 0. The van der Waals surface area contributed by atoms with Crippen molar-refractivity contribution in [2.45, 2.75) is 233 Å². The molecule has 0 N–H and O–H groups in total. The second-order valence-corrected chi connectivity index (χ2v) is 23.8. The summed E-state index contributed by atoms with van der Waals surface area (Å²) in [5, 5.41) is 0. The average molecular weight is 985 g/mol. The molecule has 8 aliphatic rings. The van der Waals surface area contributed by atoms with Crippen LogP contribution in [0.25, 0.3) is 0 Å². The van der Waals surface area contributed by atoms with Crippen LogP contribution in [0.2, 0.25) is 0 Å². The largest absolute Gasteiger partial charge is 0.508 e. The summed E-state index contributed by atoms with van der Waals surface area (Å²) in [5.41, 5.74) is 0.809. The predicted octanol–water partition coefficient (Wildman–Crippen LogP) is 13.3. The molecule has 2 unspecified atom stereocenters. The van der Waals surface area contributed by atoms with Gasteiger partial charge < -0.3 is 33.3 Å². The highest BCUT2D eigenvalue weighted by molar-refractivity contribution is 5.69. The molecule has 0 aromatic rings. The van der Waals surface area contributed by atoms with Gasteiger partial charge in [0.2, 0.25) is 0 Å². The van der Waals surface area contributed by atoms with Gasteiger partial charge in [0.15, 0.2) is 0 Å². The number of carbonyl (C=O) groups is 4. The molecule has 402 valence electrons. The number of carbonyl (C=O) groups excluding carboxylic acids is 4. The minimum absolute atomic E-state index is 0.144. The first-order valence-electron chi connectivity index (χ1n) is 29.4. The Morgan fingerprint density at radius 3 is 1.14 bits per heavy atom. The summed E-state index contributed by atoms with van der Waals surface area (Å²) < 4.78 is 34.7. The summed E-state index contributed by atoms with van der Waals surface area (Å²) in [7, 11) is 0. The molecule has 8 bridgehead atoms. The summed E-state index contributed by atoms with van der Waals surface area (Å²) in [5.74, 6) is 5.08. The number of rotatable bonds is 37. The highest BCUT2D eigenvalue weighted by Gasteiger charge is 2.51. The maximum Gasteiger partial charge on any atom is 0.508 e. The van der Waals surface area contributed by atoms with E-state index in [4.69, 9.17) is 28.4 Å². The van der Waals surface area contributed by atoms with Gasteiger partial charge in [0.25, 0.3) is 0 Å². The minimum Gasteiger partial charge on any atom is -0.466 e. The quantitative estimate of drug-likeness (QED) is 0.0334. The lowest BCUT2D eigenvalue weighted by Gasteiger charge is -2.57. The Hall–Kier alpha value is -2.60. The zero-order valence-electron chi connectivity index (χ0n) is 44.9. The fourth-order valence-electron chi connectivity index (χ4n) is 15.2. The molecule has 2 atom stereocenters. The number of esters is 2. The Bertz CT molecular complexity index is 1380. The van der Waals surface area contributed by atoms with Crippen LogP contribution in [0.4, 0.5) is 9.59 Å². The molecule has 12 nitrogen and oxygen atoms in total. The van der Waals surface area contributed by atoms with Crippen molar-refractivity contribution >= 4 is 24.2 Å². The molecule has 12 heteroatoms. The summed E-state index contributed by atoms with van der Waals surface area (Å²) >= 11 is 0. The van der Waals surface area contributed by atoms with Crippen LogP contribution in [0.15, 0.2) is 0 Å². The fourth-order valence-corrected chi connectivity index (χ4v) is 15.2. The zero-order chi connectivity index (χ0) is 49.6. The molecule has 0 heterocycles. The third kappa shape index (κ3) is 19.3. The Kier molecular flexibility index (Phi) is 24.2. The van der Waals surface area contributed by atoms with E-state index in [1.165, 1.54) is 77.0 Å². The summed E-state index contributed by atoms with van der Waals surface area (Å²) in [6.45, 7) is 14.3. The first-order valence-corrected chi connectivity index (χ1v) is 29.4. The van der Waals surface area contributed by atoms with Crippen molar-refractivity contribution in [2.75, 3.05) is 65.7 Å². The van der Waals surface area contributed by atoms with Crippen molar-refractivity contribution in [3.63, 3.8) is 0 Å².